The molecule has 4 N–H and O–H groups in total. The van der Waals surface area contributed by atoms with Gasteiger partial charge in [-0.2, -0.15) is 13.2 Å². The molecular formula is C17H14F3N5O3. The average Bonchev–Trinajstić information content (AvgIpc) is 3.05. The van der Waals surface area contributed by atoms with Crippen molar-refractivity contribution in [3.8, 4) is 0 Å². The summed E-state index contributed by atoms with van der Waals surface area (Å²) in [4.78, 5) is 30.6. The molecule has 0 atom stereocenters. The summed E-state index contributed by atoms with van der Waals surface area (Å²) in [5.74, 6) is -2.39. The highest BCUT2D eigenvalue weighted by atomic mass is 19.4. The van der Waals surface area contributed by atoms with Gasteiger partial charge in [-0.25, -0.2) is 9.97 Å². The second-order valence-electron chi connectivity index (χ2n) is 5.73. The molecule has 11 heteroatoms. The number of anilines is 2. The number of hydrogen-bond acceptors (Lipinski definition) is 7. The molecule has 1 aliphatic heterocycles. The first-order valence-electron chi connectivity index (χ1n) is 7.88. The lowest BCUT2D eigenvalue weighted by Crippen LogP contribution is -2.23. The van der Waals surface area contributed by atoms with Crippen molar-refractivity contribution in [3.05, 3.63) is 53.4 Å². The Morgan fingerprint density at radius 3 is 2.29 bits per heavy atom. The smallest absolute Gasteiger partial charge is 0.433 e. The van der Waals surface area contributed by atoms with E-state index >= 15 is 0 Å². The summed E-state index contributed by atoms with van der Waals surface area (Å²) in [6, 6.07) is 6.88. The fourth-order valence-corrected chi connectivity index (χ4v) is 2.60. The molecule has 1 aliphatic rings. The van der Waals surface area contributed by atoms with Crippen LogP contribution in [0.4, 0.5) is 24.5 Å². The topological polar surface area (TPSA) is 119 Å². The molecule has 1 aromatic carbocycles. The third kappa shape index (κ3) is 3.72. The van der Waals surface area contributed by atoms with E-state index in [-0.39, 0.29) is 11.4 Å². The van der Waals surface area contributed by atoms with Gasteiger partial charge in [-0.05, 0) is 12.1 Å². The molecule has 1 aromatic heterocycles. The molecule has 2 aromatic rings. The Hall–Kier alpha value is -3.63. The Kier molecular flexibility index (Phi) is 4.91. The number of carbonyl (C=O) groups is 2. The van der Waals surface area contributed by atoms with Crippen molar-refractivity contribution in [3.63, 3.8) is 0 Å². The van der Waals surface area contributed by atoms with Crippen LogP contribution in [0.2, 0.25) is 0 Å². The fraction of sp³-hybridized carbons (Fsp3) is 0.176. The summed E-state index contributed by atoms with van der Waals surface area (Å²) in [5, 5.41) is 5.72. The van der Waals surface area contributed by atoms with Gasteiger partial charge >= 0.3 is 12.1 Å². The zero-order valence-corrected chi connectivity index (χ0v) is 14.4. The molecule has 0 unspecified atom stereocenters. The van der Waals surface area contributed by atoms with E-state index in [9.17, 15) is 22.8 Å². The highest BCUT2D eigenvalue weighted by molar-refractivity contribution is 6.20. The van der Waals surface area contributed by atoms with Crippen molar-refractivity contribution in [1.29, 1.82) is 0 Å². The number of alkyl halides is 3. The number of esters is 1. The quantitative estimate of drug-likeness (QED) is 0.536. The Balaban J connectivity index is 2.09. The van der Waals surface area contributed by atoms with E-state index in [1.807, 2.05) is 0 Å². The second kappa shape index (κ2) is 7.18. The molecule has 0 bridgehead atoms. The van der Waals surface area contributed by atoms with E-state index in [4.69, 9.17) is 5.73 Å². The molecule has 0 fully saturated rings. The first kappa shape index (κ1) is 19.1. The molecule has 146 valence electrons. The van der Waals surface area contributed by atoms with Crippen LogP contribution in [-0.2, 0) is 26.9 Å². The Morgan fingerprint density at radius 2 is 1.79 bits per heavy atom. The Morgan fingerprint density at radius 1 is 1.18 bits per heavy atom. The number of ether oxygens (including phenoxy) is 1. The summed E-state index contributed by atoms with van der Waals surface area (Å²) in [6.45, 7) is 0. The normalized spacial score (nSPS) is 12.6. The van der Waals surface area contributed by atoms with Crippen molar-refractivity contribution >= 4 is 28.8 Å². The van der Waals surface area contributed by atoms with Gasteiger partial charge in [-0.3, -0.25) is 9.59 Å². The van der Waals surface area contributed by atoms with Gasteiger partial charge in [0.15, 0.2) is 11.5 Å². The van der Waals surface area contributed by atoms with Crippen LogP contribution in [0.3, 0.4) is 0 Å². The van der Waals surface area contributed by atoms with Crippen molar-refractivity contribution in [2.45, 2.75) is 12.6 Å². The van der Waals surface area contributed by atoms with Crippen molar-refractivity contribution in [2.75, 3.05) is 17.7 Å². The summed E-state index contributed by atoms with van der Waals surface area (Å²) in [7, 11) is 1.05. The van der Waals surface area contributed by atoms with Gasteiger partial charge in [0.05, 0.1) is 24.9 Å². The minimum atomic E-state index is -4.88. The van der Waals surface area contributed by atoms with Crippen LogP contribution in [0.15, 0.2) is 36.3 Å². The number of carbonyl (C=O) groups excluding carboxylic acids is 2. The van der Waals surface area contributed by atoms with Crippen molar-refractivity contribution in [1.82, 2.24) is 9.97 Å². The average molecular weight is 393 g/mol. The lowest BCUT2D eigenvalue weighted by molar-refractivity contribution is -0.143. The van der Waals surface area contributed by atoms with Gasteiger partial charge in [-0.1, -0.05) is 12.1 Å². The number of aromatic nitrogens is 2. The Labute approximate surface area is 156 Å². The van der Waals surface area contributed by atoms with Crippen LogP contribution in [0.1, 0.15) is 17.1 Å². The van der Waals surface area contributed by atoms with Crippen LogP contribution in [0.25, 0.3) is 5.57 Å². The molecule has 3 rings (SSSR count). The van der Waals surface area contributed by atoms with Crippen LogP contribution >= 0.6 is 0 Å². The minimum Gasteiger partial charge on any atom is -0.469 e. The molecule has 0 radical (unpaired) electrons. The number of para-hydroxylation sites is 2. The zero-order chi connectivity index (χ0) is 20.5. The Bertz CT molecular complexity index is 961. The lowest BCUT2D eigenvalue weighted by atomic mass is 10.1. The van der Waals surface area contributed by atoms with Gasteiger partial charge in [0.1, 0.15) is 11.4 Å². The van der Waals surface area contributed by atoms with Crippen molar-refractivity contribution < 1.29 is 27.5 Å². The predicted molar refractivity (Wildman–Crippen MR) is 92.6 cm³/mol. The summed E-state index contributed by atoms with van der Waals surface area (Å²) < 4.78 is 44.7. The van der Waals surface area contributed by atoms with Crippen molar-refractivity contribution in [2.24, 2.45) is 5.73 Å². The van der Waals surface area contributed by atoms with Crippen LogP contribution in [0, 0.1) is 0 Å². The first-order chi connectivity index (χ1) is 13.2. The number of nitrogens with zero attached hydrogens (tertiary/aromatic N) is 2. The maximum Gasteiger partial charge on any atom is 0.433 e. The van der Waals surface area contributed by atoms with Gasteiger partial charge < -0.3 is 21.1 Å². The molecule has 2 heterocycles. The maximum absolute atomic E-state index is 13.4. The summed E-state index contributed by atoms with van der Waals surface area (Å²) >= 11 is 0. The minimum absolute atomic E-state index is 0.0579. The number of primary amides is 1. The highest BCUT2D eigenvalue weighted by Gasteiger charge is 2.37. The van der Waals surface area contributed by atoms with Gasteiger partial charge in [0, 0.05) is 11.8 Å². The number of amides is 1. The number of methoxy groups -OCH3 is 1. The predicted octanol–water partition coefficient (Wildman–Crippen LogP) is 1.90. The third-order valence-electron chi connectivity index (χ3n) is 3.86. The third-order valence-corrected chi connectivity index (χ3v) is 3.86. The molecule has 1 amide bonds. The van der Waals surface area contributed by atoms with E-state index in [1.165, 1.54) is 0 Å². The monoisotopic (exact) mass is 393 g/mol. The summed E-state index contributed by atoms with van der Waals surface area (Å²) in [6.07, 6.45) is -4.72. The molecule has 28 heavy (non-hydrogen) atoms. The summed E-state index contributed by atoms with van der Waals surface area (Å²) in [5.41, 5.74) is 4.40. The number of hydrogen-bond donors (Lipinski definition) is 3. The van der Waals surface area contributed by atoms with Gasteiger partial charge in [0.25, 0.3) is 5.91 Å². The standard InChI is InChI=1S/C17H14F3N5O3/c1-28-11(26)6-8-7-22-15(25-13(8)17(18,19)20)12(14(21)27)16-23-9-4-2-3-5-10(9)24-16/h2-5,7,23-24H,6H2,1H3,(H2,21,27). The number of halogens is 3. The molecule has 0 saturated carbocycles. The lowest BCUT2D eigenvalue weighted by Gasteiger charge is -2.14. The van der Waals surface area contributed by atoms with Gasteiger partial charge in [-0.15, -0.1) is 0 Å². The zero-order valence-electron chi connectivity index (χ0n) is 14.4. The van der Waals surface area contributed by atoms with E-state index in [1.54, 1.807) is 24.3 Å². The highest BCUT2D eigenvalue weighted by Crippen LogP contribution is 2.34. The molecular weight excluding hydrogens is 379 g/mol. The number of benzene rings is 1. The first-order valence-corrected chi connectivity index (χ1v) is 7.88. The van der Waals surface area contributed by atoms with Gasteiger partial charge in [0.2, 0.25) is 0 Å². The largest absolute Gasteiger partial charge is 0.469 e. The maximum atomic E-state index is 13.4. The molecule has 0 saturated heterocycles. The number of nitrogens with two attached hydrogens (primary N) is 1. The van der Waals surface area contributed by atoms with Crippen LogP contribution < -0.4 is 16.4 Å². The molecule has 8 nitrogen and oxygen atoms in total. The second-order valence-corrected chi connectivity index (χ2v) is 5.73. The van der Waals surface area contributed by atoms with E-state index in [0.717, 1.165) is 13.3 Å². The molecule has 0 spiro atoms. The molecule has 0 aliphatic carbocycles. The van der Waals surface area contributed by atoms with E-state index in [2.05, 4.69) is 25.3 Å². The number of fused-ring (bicyclic) bond motifs is 1. The fourth-order valence-electron chi connectivity index (χ4n) is 2.60. The SMILES string of the molecule is COC(=O)Cc1cnc(C(C(N)=O)=C2Nc3ccccc3N2)nc1C(F)(F)F. The van der Waals surface area contributed by atoms with Crippen LogP contribution in [0.5, 0.6) is 0 Å². The van der Waals surface area contributed by atoms with Crippen LogP contribution in [-0.4, -0.2) is 29.0 Å². The van der Waals surface area contributed by atoms with E-state index in [0.29, 0.717) is 11.4 Å². The number of nitrogens with one attached hydrogen (secondary N) is 2. The number of rotatable bonds is 4. The van der Waals surface area contributed by atoms with E-state index < -0.39 is 41.6 Å².